The first-order valence-electron chi connectivity index (χ1n) is 5.36. The van der Waals surface area contributed by atoms with Crippen molar-refractivity contribution in [3.63, 3.8) is 0 Å². The van der Waals surface area contributed by atoms with Crippen LogP contribution in [0.25, 0.3) is 11.4 Å². The zero-order valence-electron chi connectivity index (χ0n) is 8.76. The highest BCUT2D eigenvalue weighted by Gasteiger charge is 2.22. The average Bonchev–Trinajstić information content (AvgIpc) is 2.89. The van der Waals surface area contributed by atoms with Gasteiger partial charge in [0.05, 0.1) is 11.3 Å². The molecule has 1 aliphatic rings. The van der Waals surface area contributed by atoms with Crippen LogP contribution in [0.4, 0.5) is 0 Å². The second-order valence-electron chi connectivity index (χ2n) is 3.87. The van der Waals surface area contributed by atoms with Crippen molar-refractivity contribution in [1.29, 1.82) is 0 Å². The van der Waals surface area contributed by atoms with Crippen LogP contribution in [0.3, 0.4) is 0 Å². The summed E-state index contributed by atoms with van der Waals surface area (Å²) in [6, 6.07) is 5.64. The van der Waals surface area contributed by atoms with Gasteiger partial charge in [0.1, 0.15) is 5.69 Å². The number of aldehydes is 1. The maximum atomic E-state index is 11.1. The molecule has 0 N–H and O–H groups in total. The van der Waals surface area contributed by atoms with E-state index < -0.39 is 0 Å². The second-order valence-corrected chi connectivity index (χ2v) is 3.87. The molecule has 0 aromatic carbocycles. The summed E-state index contributed by atoms with van der Waals surface area (Å²) in [7, 11) is 0. The van der Waals surface area contributed by atoms with E-state index in [0.717, 1.165) is 37.1 Å². The number of aryl methyl sites for hydroxylation is 1. The smallest absolute Gasteiger partial charge is 0.154 e. The van der Waals surface area contributed by atoms with Gasteiger partial charge in [0.25, 0.3) is 0 Å². The lowest BCUT2D eigenvalue weighted by atomic mass is 10.1. The molecular weight excluding hydrogens is 202 g/mol. The lowest BCUT2D eigenvalue weighted by Gasteiger charge is -1.96. The van der Waals surface area contributed by atoms with Gasteiger partial charge >= 0.3 is 0 Å². The number of aromatic nitrogens is 3. The van der Waals surface area contributed by atoms with Crippen LogP contribution in [0.15, 0.2) is 24.4 Å². The minimum Gasteiger partial charge on any atom is -0.298 e. The summed E-state index contributed by atoms with van der Waals surface area (Å²) in [6.45, 7) is 0.906. The van der Waals surface area contributed by atoms with Crippen molar-refractivity contribution >= 4 is 6.29 Å². The topological polar surface area (TPSA) is 47.8 Å². The van der Waals surface area contributed by atoms with Gasteiger partial charge in [-0.3, -0.25) is 14.5 Å². The SMILES string of the molecule is O=Cc1c(-c2ccccn2)nn2c1CCC2. The van der Waals surface area contributed by atoms with Crippen LogP contribution in [0.1, 0.15) is 22.5 Å². The molecule has 4 nitrogen and oxygen atoms in total. The zero-order chi connectivity index (χ0) is 11.0. The summed E-state index contributed by atoms with van der Waals surface area (Å²) in [4.78, 5) is 15.4. The van der Waals surface area contributed by atoms with E-state index >= 15 is 0 Å². The number of carbonyl (C=O) groups is 1. The fraction of sp³-hybridized carbons (Fsp3) is 0.250. The van der Waals surface area contributed by atoms with Gasteiger partial charge in [0.15, 0.2) is 6.29 Å². The minimum atomic E-state index is 0.705. The molecule has 3 heterocycles. The Bertz CT molecular complexity index is 531. The maximum absolute atomic E-state index is 11.1. The molecule has 16 heavy (non-hydrogen) atoms. The highest BCUT2D eigenvalue weighted by Crippen LogP contribution is 2.26. The van der Waals surface area contributed by atoms with E-state index in [1.54, 1.807) is 6.20 Å². The monoisotopic (exact) mass is 213 g/mol. The van der Waals surface area contributed by atoms with Crippen molar-refractivity contribution < 1.29 is 4.79 Å². The lowest BCUT2D eigenvalue weighted by molar-refractivity contribution is 0.112. The van der Waals surface area contributed by atoms with Gasteiger partial charge in [-0.05, 0) is 25.0 Å². The van der Waals surface area contributed by atoms with Crippen LogP contribution in [-0.2, 0) is 13.0 Å². The third kappa shape index (κ3) is 1.26. The molecule has 2 aromatic rings. The molecule has 0 atom stereocenters. The van der Waals surface area contributed by atoms with Crippen molar-refractivity contribution in [3.05, 3.63) is 35.7 Å². The van der Waals surface area contributed by atoms with Crippen molar-refractivity contribution in [2.45, 2.75) is 19.4 Å². The molecule has 0 saturated carbocycles. The number of pyridine rings is 1. The Kier molecular flexibility index (Phi) is 2.06. The fourth-order valence-corrected chi connectivity index (χ4v) is 2.17. The lowest BCUT2D eigenvalue weighted by Crippen LogP contribution is -1.94. The Balaban J connectivity index is 2.19. The first-order valence-corrected chi connectivity index (χ1v) is 5.36. The van der Waals surface area contributed by atoms with Crippen LogP contribution < -0.4 is 0 Å². The van der Waals surface area contributed by atoms with E-state index in [9.17, 15) is 4.79 Å². The number of hydrogen-bond acceptors (Lipinski definition) is 3. The fourth-order valence-electron chi connectivity index (χ4n) is 2.17. The predicted molar refractivity (Wildman–Crippen MR) is 59.2 cm³/mol. The van der Waals surface area contributed by atoms with Crippen molar-refractivity contribution in [2.24, 2.45) is 0 Å². The second kappa shape index (κ2) is 3.56. The van der Waals surface area contributed by atoms with E-state index in [1.807, 2.05) is 22.9 Å². The van der Waals surface area contributed by atoms with Gasteiger partial charge in [-0.15, -0.1) is 0 Å². The summed E-state index contributed by atoms with van der Waals surface area (Å²) in [5, 5.41) is 4.45. The molecule has 0 saturated heterocycles. The summed E-state index contributed by atoms with van der Waals surface area (Å²) >= 11 is 0. The van der Waals surface area contributed by atoms with Crippen molar-refractivity contribution in [3.8, 4) is 11.4 Å². The molecule has 80 valence electrons. The van der Waals surface area contributed by atoms with Crippen LogP contribution in [0, 0.1) is 0 Å². The first kappa shape index (κ1) is 9.27. The Hall–Kier alpha value is -1.97. The van der Waals surface area contributed by atoms with Gasteiger partial charge in [-0.25, -0.2) is 0 Å². The van der Waals surface area contributed by atoms with Crippen molar-refractivity contribution in [2.75, 3.05) is 0 Å². The van der Waals surface area contributed by atoms with E-state index in [1.165, 1.54) is 0 Å². The maximum Gasteiger partial charge on any atom is 0.154 e. The molecule has 0 fully saturated rings. The summed E-state index contributed by atoms with van der Waals surface area (Å²) < 4.78 is 1.92. The molecule has 3 rings (SSSR count). The van der Waals surface area contributed by atoms with E-state index in [4.69, 9.17) is 0 Å². The molecule has 4 heteroatoms. The highest BCUT2D eigenvalue weighted by molar-refractivity contribution is 5.86. The number of rotatable bonds is 2. The third-order valence-electron chi connectivity index (χ3n) is 2.91. The molecule has 0 radical (unpaired) electrons. The Morgan fingerprint density at radius 3 is 3.06 bits per heavy atom. The highest BCUT2D eigenvalue weighted by atomic mass is 16.1. The van der Waals surface area contributed by atoms with Crippen LogP contribution in [0.2, 0.25) is 0 Å². The Morgan fingerprint density at radius 2 is 2.31 bits per heavy atom. The quantitative estimate of drug-likeness (QED) is 0.713. The van der Waals surface area contributed by atoms with E-state index in [2.05, 4.69) is 10.1 Å². The normalized spacial score (nSPS) is 13.8. The molecule has 1 aliphatic heterocycles. The van der Waals surface area contributed by atoms with Gasteiger partial charge in [0, 0.05) is 18.4 Å². The Morgan fingerprint density at radius 1 is 1.38 bits per heavy atom. The standard InChI is InChI=1S/C12H11N3O/c16-8-9-11-5-3-7-15(11)14-12(9)10-4-1-2-6-13-10/h1-2,4,6,8H,3,5,7H2. The van der Waals surface area contributed by atoms with Crippen molar-refractivity contribution in [1.82, 2.24) is 14.8 Å². The largest absolute Gasteiger partial charge is 0.298 e. The molecule has 0 aliphatic carbocycles. The van der Waals surface area contributed by atoms with Gasteiger partial charge in [0.2, 0.25) is 0 Å². The minimum absolute atomic E-state index is 0.705. The van der Waals surface area contributed by atoms with Gasteiger partial charge in [-0.1, -0.05) is 6.07 Å². The molecule has 0 bridgehead atoms. The molecule has 0 spiro atoms. The van der Waals surface area contributed by atoms with Crippen LogP contribution in [-0.4, -0.2) is 21.1 Å². The number of carbonyl (C=O) groups excluding carboxylic acids is 1. The molecule has 0 unspecified atom stereocenters. The van der Waals surface area contributed by atoms with E-state index in [0.29, 0.717) is 11.3 Å². The molecule has 0 amide bonds. The predicted octanol–water partition coefficient (Wildman–Crippen LogP) is 1.70. The van der Waals surface area contributed by atoms with Crippen LogP contribution in [0.5, 0.6) is 0 Å². The average molecular weight is 213 g/mol. The summed E-state index contributed by atoms with van der Waals surface area (Å²) in [5.41, 5.74) is 3.24. The van der Waals surface area contributed by atoms with Gasteiger partial charge < -0.3 is 0 Å². The number of hydrogen-bond donors (Lipinski definition) is 0. The molecule has 2 aromatic heterocycles. The number of fused-ring (bicyclic) bond motifs is 1. The third-order valence-corrected chi connectivity index (χ3v) is 2.91. The molecular formula is C12H11N3O. The summed E-state index contributed by atoms with van der Waals surface area (Å²) in [5.74, 6) is 0. The summed E-state index contributed by atoms with van der Waals surface area (Å²) in [6.07, 6.45) is 4.63. The zero-order valence-corrected chi connectivity index (χ0v) is 8.76. The number of nitrogens with zero attached hydrogens (tertiary/aromatic N) is 3. The van der Waals surface area contributed by atoms with E-state index in [-0.39, 0.29) is 0 Å². The Labute approximate surface area is 92.9 Å². The first-order chi connectivity index (χ1) is 7.90. The van der Waals surface area contributed by atoms with Gasteiger partial charge in [-0.2, -0.15) is 5.10 Å². The van der Waals surface area contributed by atoms with Crippen LogP contribution >= 0.6 is 0 Å².